The van der Waals surface area contributed by atoms with Crippen LogP contribution in [0.2, 0.25) is 0 Å². The molecule has 0 aliphatic carbocycles. The highest BCUT2D eigenvalue weighted by Crippen LogP contribution is 2.20. The molecule has 0 radical (unpaired) electrons. The lowest BCUT2D eigenvalue weighted by Gasteiger charge is -2.08. The zero-order valence-corrected chi connectivity index (χ0v) is 16.3. The first kappa shape index (κ1) is 20.2. The maximum atomic E-state index is 12.3. The molecule has 9 heteroatoms. The van der Waals surface area contributed by atoms with Gasteiger partial charge in [0, 0.05) is 18.8 Å². The Labute approximate surface area is 157 Å². The minimum atomic E-state index is -0.726. The third-order valence-electron chi connectivity index (χ3n) is 3.79. The smallest absolute Gasteiger partial charge is 0.355 e. The first-order valence-electron chi connectivity index (χ1n) is 8.48. The number of hydrogen-bond donors (Lipinski definition) is 2. The fourth-order valence-corrected chi connectivity index (χ4v) is 2.64. The second kappa shape index (κ2) is 8.07. The van der Waals surface area contributed by atoms with E-state index in [-0.39, 0.29) is 11.8 Å². The van der Waals surface area contributed by atoms with E-state index in [2.05, 4.69) is 15.4 Å². The molecule has 0 aliphatic rings. The number of amides is 1. The summed E-state index contributed by atoms with van der Waals surface area (Å²) in [5.41, 5.74) is 2.09. The number of ether oxygens (including phenoxy) is 2. The van der Waals surface area contributed by atoms with E-state index in [4.69, 9.17) is 9.47 Å². The van der Waals surface area contributed by atoms with Crippen LogP contribution in [-0.4, -0.2) is 45.3 Å². The number of nitrogens with one attached hydrogen (secondary N) is 2. The first-order chi connectivity index (χ1) is 12.6. The molecule has 2 aromatic heterocycles. The summed E-state index contributed by atoms with van der Waals surface area (Å²) in [5.74, 6) is -1.24. The quantitative estimate of drug-likeness (QED) is 0.746. The molecule has 0 atom stereocenters. The zero-order valence-electron chi connectivity index (χ0n) is 16.3. The molecule has 0 fully saturated rings. The van der Waals surface area contributed by atoms with Crippen LogP contribution in [-0.2, 0) is 21.3 Å². The highest BCUT2D eigenvalue weighted by molar-refractivity contribution is 5.99. The minimum absolute atomic E-state index is 0.118. The van der Waals surface area contributed by atoms with Crippen molar-refractivity contribution < 1.29 is 23.9 Å². The molecule has 2 rings (SSSR count). The number of rotatable bonds is 6. The molecule has 2 N–H and O–H groups in total. The van der Waals surface area contributed by atoms with Crippen molar-refractivity contribution in [2.45, 2.75) is 40.7 Å². The summed E-state index contributed by atoms with van der Waals surface area (Å²) in [6, 6.07) is 1.70. The summed E-state index contributed by atoms with van der Waals surface area (Å²) < 4.78 is 11.8. The molecule has 9 nitrogen and oxygen atoms in total. The fraction of sp³-hybridized carbons (Fsp3) is 0.444. The lowest BCUT2D eigenvalue weighted by Crippen LogP contribution is -2.22. The van der Waals surface area contributed by atoms with E-state index in [9.17, 15) is 14.4 Å². The van der Waals surface area contributed by atoms with Crippen LogP contribution in [0.3, 0.4) is 0 Å². The van der Waals surface area contributed by atoms with Gasteiger partial charge in [-0.2, -0.15) is 5.10 Å². The Hall–Kier alpha value is -3.10. The molecule has 0 aromatic carbocycles. The van der Waals surface area contributed by atoms with E-state index in [0.717, 1.165) is 5.69 Å². The molecule has 0 spiro atoms. The van der Waals surface area contributed by atoms with Crippen LogP contribution in [0.5, 0.6) is 0 Å². The van der Waals surface area contributed by atoms with Gasteiger partial charge in [-0.1, -0.05) is 0 Å². The minimum Gasteiger partial charge on any atom is -0.459 e. The normalized spacial score (nSPS) is 10.8. The average molecular weight is 376 g/mol. The molecule has 0 saturated carbocycles. The van der Waals surface area contributed by atoms with Crippen molar-refractivity contribution in [1.82, 2.24) is 14.8 Å². The maximum Gasteiger partial charge on any atom is 0.355 e. The van der Waals surface area contributed by atoms with Crippen molar-refractivity contribution in [3.05, 3.63) is 34.3 Å². The Morgan fingerprint density at radius 1 is 1.22 bits per heavy atom. The van der Waals surface area contributed by atoms with Crippen molar-refractivity contribution in [1.29, 1.82) is 0 Å². The summed E-state index contributed by atoms with van der Waals surface area (Å²) in [5, 5.41) is 6.72. The van der Waals surface area contributed by atoms with Crippen LogP contribution >= 0.6 is 0 Å². The van der Waals surface area contributed by atoms with Crippen LogP contribution in [0, 0.1) is 20.8 Å². The van der Waals surface area contributed by atoms with Crippen molar-refractivity contribution in [3.63, 3.8) is 0 Å². The van der Waals surface area contributed by atoms with Crippen molar-refractivity contribution >= 4 is 23.7 Å². The Bertz CT molecular complexity index is 879. The Kier molecular flexibility index (Phi) is 6.04. The number of aryl methyl sites for hydroxylation is 3. The van der Waals surface area contributed by atoms with E-state index in [1.54, 1.807) is 47.7 Å². The summed E-state index contributed by atoms with van der Waals surface area (Å²) in [4.78, 5) is 39.3. The highest BCUT2D eigenvalue weighted by Gasteiger charge is 2.25. The molecule has 146 valence electrons. The summed E-state index contributed by atoms with van der Waals surface area (Å²) in [6.45, 7) is 8.10. The topological polar surface area (TPSA) is 115 Å². The van der Waals surface area contributed by atoms with Crippen molar-refractivity contribution in [2.75, 3.05) is 11.9 Å². The van der Waals surface area contributed by atoms with Gasteiger partial charge < -0.3 is 19.8 Å². The number of aromatic amines is 1. The van der Waals surface area contributed by atoms with E-state index in [1.165, 1.54) is 4.68 Å². The fourth-order valence-electron chi connectivity index (χ4n) is 2.64. The molecule has 27 heavy (non-hydrogen) atoms. The lowest BCUT2D eigenvalue weighted by atomic mass is 10.1. The molecule has 0 aliphatic heterocycles. The van der Waals surface area contributed by atoms with Gasteiger partial charge in [0.15, 0.2) is 6.61 Å². The van der Waals surface area contributed by atoms with Gasteiger partial charge in [0.2, 0.25) is 0 Å². The molecule has 0 saturated heterocycles. The van der Waals surface area contributed by atoms with E-state index in [1.807, 2.05) is 0 Å². The molecule has 2 aromatic rings. The van der Waals surface area contributed by atoms with Crippen molar-refractivity contribution in [3.8, 4) is 0 Å². The number of anilines is 1. The van der Waals surface area contributed by atoms with Crippen LogP contribution < -0.4 is 5.32 Å². The van der Waals surface area contributed by atoms with Gasteiger partial charge in [-0.25, -0.2) is 9.59 Å². The molecular formula is C18H24N4O5. The number of aromatic nitrogens is 3. The van der Waals surface area contributed by atoms with Gasteiger partial charge in [-0.3, -0.25) is 9.48 Å². The Balaban J connectivity index is 2.03. The van der Waals surface area contributed by atoms with E-state index in [0.29, 0.717) is 22.6 Å². The predicted octanol–water partition coefficient (Wildman–Crippen LogP) is 2.03. The van der Waals surface area contributed by atoms with Gasteiger partial charge in [0.05, 0.1) is 17.4 Å². The second-order valence-electron chi connectivity index (χ2n) is 6.50. The Morgan fingerprint density at radius 3 is 2.44 bits per heavy atom. The second-order valence-corrected chi connectivity index (χ2v) is 6.50. The Morgan fingerprint density at radius 2 is 1.89 bits per heavy atom. The lowest BCUT2D eigenvalue weighted by molar-refractivity contribution is -0.119. The van der Waals surface area contributed by atoms with Crippen LogP contribution in [0.15, 0.2) is 6.07 Å². The zero-order chi connectivity index (χ0) is 20.3. The molecule has 2 heterocycles. The van der Waals surface area contributed by atoms with E-state index < -0.39 is 24.5 Å². The molecule has 1 amide bonds. The van der Waals surface area contributed by atoms with Gasteiger partial charge >= 0.3 is 11.9 Å². The van der Waals surface area contributed by atoms with Gasteiger partial charge in [-0.15, -0.1) is 0 Å². The third kappa shape index (κ3) is 4.75. The van der Waals surface area contributed by atoms with Crippen LogP contribution in [0.25, 0.3) is 0 Å². The summed E-state index contributed by atoms with van der Waals surface area (Å²) in [7, 11) is 1.69. The maximum absolute atomic E-state index is 12.3. The van der Waals surface area contributed by atoms with Gasteiger partial charge in [-0.05, 0) is 40.2 Å². The summed E-state index contributed by atoms with van der Waals surface area (Å²) >= 11 is 0. The van der Waals surface area contributed by atoms with Crippen LogP contribution in [0.1, 0.15) is 51.6 Å². The van der Waals surface area contributed by atoms with Crippen LogP contribution in [0.4, 0.5) is 5.82 Å². The number of H-pyrrole nitrogens is 1. The number of hydrogen-bond acceptors (Lipinski definition) is 6. The summed E-state index contributed by atoms with van der Waals surface area (Å²) in [6.07, 6.45) is -0.277. The SMILES string of the molecule is Cc1cc(NC(=O)COC(=O)c2[nH]c(C)c(C(=O)OC(C)C)c2C)n(C)n1. The number of nitrogens with zero attached hydrogens (tertiary/aromatic N) is 2. The third-order valence-corrected chi connectivity index (χ3v) is 3.79. The largest absolute Gasteiger partial charge is 0.459 e. The number of esters is 2. The molecular weight excluding hydrogens is 352 g/mol. The molecule has 0 unspecified atom stereocenters. The monoisotopic (exact) mass is 376 g/mol. The van der Waals surface area contributed by atoms with E-state index >= 15 is 0 Å². The standard InChI is InChI=1S/C18H24N4O5/c1-9(2)27-17(24)15-11(4)16(19-12(15)5)18(25)26-8-14(23)20-13-7-10(3)21-22(13)6/h7,9,19H,8H2,1-6H3,(H,20,23). The van der Waals surface area contributed by atoms with Gasteiger partial charge in [0.25, 0.3) is 5.91 Å². The predicted molar refractivity (Wildman–Crippen MR) is 97.7 cm³/mol. The molecule has 0 bridgehead atoms. The highest BCUT2D eigenvalue weighted by atomic mass is 16.5. The number of carbonyl (C=O) groups excluding carboxylic acids is 3. The number of carbonyl (C=O) groups is 3. The van der Waals surface area contributed by atoms with Gasteiger partial charge in [0.1, 0.15) is 11.5 Å². The van der Waals surface area contributed by atoms with Crippen molar-refractivity contribution in [2.24, 2.45) is 7.05 Å². The average Bonchev–Trinajstić information content (AvgIpc) is 3.02. The first-order valence-corrected chi connectivity index (χ1v) is 8.48.